The number of ether oxygens (including phenoxy) is 2. The highest BCUT2D eigenvalue weighted by Gasteiger charge is 2.15. The lowest BCUT2D eigenvalue weighted by molar-refractivity contribution is 0.294. The zero-order chi connectivity index (χ0) is 17.2. The Labute approximate surface area is 151 Å². The molecule has 0 radical (unpaired) electrons. The van der Waals surface area contributed by atoms with Crippen LogP contribution >= 0.6 is 27.5 Å². The molecule has 0 heterocycles. The molecule has 1 aromatic rings. The van der Waals surface area contributed by atoms with E-state index < -0.39 is 0 Å². The second-order valence-corrected chi connectivity index (χ2v) is 6.35. The molecule has 0 atom stereocenters. The SMILES string of the molecule is CCCCOc1cc(OCCCC)c(C(N)=C(Br)C=N)cc1Cl. The summed E-state index contributed by atoms with van der Waals surface area (Å²) in [4.78, 5) is 0. The second-order valence-electron chi connectivity index (χ2n) is 5.09. The molecule has 23 heavy (non-hydrogen) atoms. The van der Waals surface area contributed by atoms with E-state index >= 15 is 0 Å². The molecule has 1 aromatic carbocycles. The van der Waals surface area contributed by atoms with Gasteiger partial charge in [0.15, 0.2) is 0 Å². The van der Waals surface area contributed by atoms with E-state index in [0.29, 0.717) is 45.5 Å². The predicted molar refractivity (Wildman–Crippen MR) is 101 cm³/mol. The van der Waals surface area contributed by atoms with Gasteiger partial charge in [0.05, 0.1) is 28.4 Å². The van der Waals surface area contributed by atoms with Gasteiger partial charge in [0, 0.05) is 17.8 Å². The van der Waals surface area contributed by atoms with Crippen LogP contribution in [0.25, 0.3) is 5.70 Å². The van der Waals surface area contributed by atoms with Gasteiger partial charge in [-0.25, -0.2) is 0 Å². The van der Waals surface area contributed by atoms with E-state index in [1.54, 1.807) is 12.1 Å². The van der Waals surface area contributed by atoms with E-state index in [2.05, 4.69) is 29.8 Å². The molecule has 6 heteroatoms. The van der Waals surface area contributed by atoms with Crippen LogP contribution < -0.4 is 15.2 Å². The highest BCUT2D eigenvalue weighted by Crippen LogP contribution is 2.36. The third-order valence-electron chi connectivity index (χ3n) is 3.22. The van der Waals surface area contributed by atoms with E-state index in [1.807, 2.05) is 0 Å². The molecule has 4 nitrogen and oxygen atoms in total. The largest absolute Gasteiger partial charge is 0.493 e. The fourth-order valence-corrected chi connectivity index (χ4v) is 2.27. The fourth-order valence-electron chi connectivity index (χ4n) is 1.83. The van der Waals surface area contributed by atoms with Crippen LogP contribution in [0.1, 0.15) is 45.1 Å². The molecule has 0 amide bonds. The Hall–Kier alpha value is -1.20. The van der Waals surface area contributed by atoms with Gasteiger partial charge in [0.2, 0.25) is 0 Å². The number of nitrogens with two attached hydrogens (primary N) is 1. The molecule has 128 valence electrons. The zero-order valence-corrected chi connectivity index (χ0v) is 16.0. The fraction of sp³-hybridized carbons (Fsp3) is 0.471. The minimum Gasteiger partial charge on any atom is -0.493 e. The first-order chi connectivity index (χ1) is 11.0. The van der Waals surface area contributed by atoms with Gasteiger partial charge in [-0.2, -0.15) is 0 Å². The Morgan fingerprint density at radius 2 is 1.74 bits per heavy atom. The van der Waals surface area contributed by atoms with Crippen molar-refractivity contribution in [3.8, 4) is 11.5 Å². The number of benzene rings is 1. The van der Waals surface area contributed by atoms with Crippen molar-refractivity contribution in [3.05, 3.63) is 27.2 Å². The number of unbranched alkanes of at least 4 members (excludes halogenated alkanes) is 2. The summed E-state index contributed by atoms with van der Waals surface area (Å²) in [6, 6.07) is 3.50. The van der Waals surface area contributed by atoms with Gasteiger partial charge in [-0.05, 0) is 34.8 Å². The van der Waals surface area contributed by atoms with Crippen LogP contribution in [0.4, 0.5) is 0 Å². The molecule has 0 saturated carbocycles. The van der Waals surface area contributed by atoms with Crippen LogP contribution in [-0.4, -0.2) is 19.4 Å². The summed E-state index contributed by atoms with van der Waals surface area (Å²) in [5, 5.41) is 7.81. The molecule has 0 aliphatic carbocycles. The van der Waals surface area contributed by atoms with Crippen molar-refractivity contribution in [3.63, 3.8) is 0 Å². The Kier molecular flexibility index (Phi) is 9.10. The van der Waals surface area contributed by atoms with E-state index in [0.717, 1.165) is 31.9 Å². The molecular weight excluding hydrogens is 380 g/mol. The van der Waals surface area contributed by atoms with Gasteiger partial charge >= 0.3 is 0 Å². The molecule has 0 fully saturated rings. The maximum absolute atomic E-state index is 7.33. The molecule has 3 N–H and O–H groups in total. The van der Waals surface area contributed by atoms with E-state index in [1.165, 1.54) is 0 Å². The summed E-state index contributed by atoms with van der Waals surface area (Å²) in [6.07, 6.45) is 5.15. The Morgan fingerprint density at radius 1 is 1.17 bits per heavy atom. The summed E-state index contributed by atoms with van der Waals surface area (Å²) in [5.74, 6) is 1.21. The van der Waals surface area contributed by atoms with Crippen molar-refractivity contribution in [1.29, 1.82) is 5.41 Å². The van der Waals surface area contributed by atoms with E-state index in [-0.39, 0.29) is 0 Å². The summed E-state index contributed by atoms with van der Waals surface area (Å²) in [5.41, 5.74) is 7.16. The van der Waals surface area contributed by atoms with E-state index in [9.17, 15) is 0 Å². The van der Waals surface area contributed by atoms with Gasteiger partial charge in [0.1, 0.15) is 11.5 Å². The maximum atomic E-state index is 7.33. The van der Waals surface area contributed by atoms with Crippen LogP contribution in [0.15, 0.2) is 16.6 Å². The van der Waals surface area contributed by atoms with Crippen molar-refractivity contribution >= 4 is 39.4 Å². The van der Waals surface area contributed by atoms with Gasteiger partial charge < -0.3 is 20.6 Å². The zero-order valence-electron chi connectivity index (χ0n) is 13.6. The predicted octanol–water partition coefficient (Wildman–Crippen LogP) is 5.37. The number of rotatable bonds is 10. The minimum atomic E-state index is 0.411. The van der Waals surface area contributed by atoms with E-state index in [4.69, 9.17) is 32.2 Å². The van der Waals surface area contributed by atoms with Crippen LogP contribution in [0.2, 0.25) is 5.02 Å². The lowest BCUT2D eigenvalue weighted by Gasteiger charge is -2.16. The Morgan fingerprint density at radius 3 is 2.26 bits per heavy atom. The van der Waals surface area contributed by atoms with Gasteiger partial charge in [-0.3, -0.25) is 0 Å². The normalized spacial score (nSPS) is 11.8. The number of nitrogens with one attached hydrogen (secondary N) is 1. The number of allylic oxidation sites excluding steroid dienone is 1. The summed E-state index contributed by atoms with van der Waals surface area (Å²) in [6.45, 7) is 5.41. The summed E-state index contributed by atoms with van der Waals surface area (Å²) < 4.78 is 12.0. The highest BCUT2D eigenvalue weighted by molar-refractivity contribution is 9.12. The third kappa shape index (κ3) is 6.07. The molecule has 0 bridgehead atoms. The molecule has 0 unspecified atom stereocenters. The minimum absolute atomic E-state index is 0.411. The first kappa shape index (κ1) is 19.8. The molecule has 0 aliphatic rings. The summed E-state index contributed by atoms with van der Waals surface area (Å²) in [7, 11) is 0. The highest BCUT2D eigenvalue weighted by atomic mass is 79.9. The van der Waals surface area contributed by atoms with Crippen molar-refractivity contribution in [2.75, 3.05) is 13.2 Å². The van der Waals surface area contributed by atoms with Crippen LogP contribution in [0, 0.1) is 5.41 Å². The van der Waals surface area contributed by atoms with Crippen molar-refractivity contribution < 1.29 is 9.47 Å². The number of hydrogen-bond donors (Lipinski definition) is 2. The standard InChI is InChI=1S/C17H24BrClN2O2/c1-3-5-7-22-15-10-16(23-8-6-4-2)14(19)9-12(15)17(21)13(18)11-20/h9-11,20H,3-8,21H2,1-2H3. The van der Waals surface area contributed by atoms with Gasteiger partial charge in [-0.15, -0.1) is 0 Å². The maximum Gasteiger partial charge on any atom is 0.141 e. The average Bonchev–Trinajstić information content (AvgIpc) is 2.56. The monoisotopic (exact) mass is 402 g/mol. The first-order valence-corrected chi connectivity index (χ1v) is 8.97. The molecular formula is C17H24BrClN2O2. The van der Waals surface area contributed by atoms with Crippen molar-refractivity contribution in [1.82, 2.24) is 0 Å². The van der Waals surface area contributed by atoms with Crippen LogP contribution in [0.5, 0.6) is 11.5 Å². The van der Waals surface area contributed by atoms with Gasteiger partial charge in [-0.1, -0.05) is 38.3 Å². The Bertz CT molecular complexity index is 562. The average molecular weight is 404 g/mol. The molecule has 0 aromatic heterocycles. The Balaban J connectivity index is 3.16. The second kappa shape index (κ2) is 10.6. The lowest BCUT2D eigenvalue weighted by Crippen LogP contribution is -2.06. The third-order valence-corrected chi connectivity index (χ3v) is 4.17. The smallest absolute Gasteiger partial charge is 0.141 e. The van der Waals surface area contributed by atoms with Crippen LogP contribution in [-0.2, 0) is 0 Å². The quantitative estimate of drug-likeness (QED) is 0.407. The molecule has 0 spiro atoms. The van der Waals surface area contributed by atoms with Crippen molar-refractivity contribution in [2.45, 2.75) is 39.5 Å². The first-order valence-electron chi connectivity index (χ1n) is 7.80. The number of halogens is 2. The van der Waals surface area contributed by atoms with Crippen molar-refractivity contribution in [2.24, 2.45) is 5.73 Å². The number of hydrogen-bond acceptors (Lipinski definition) is 4. The summed E-state index contributed by atoms with van der Waals surface area (Å²) >= 11 is 9.57. The molecule has 0 saturated heterocycles. The van der Waals surface area contributed by atoms with Gasteiger partial charge in [0.25, 0.3) is 0 Å². The molecule has 0 aliphatic heterocycles. The lowest BCUT2D eigenvalue weighted by atomic mass is 10.1. The topological polar surface area (TPSA) is 68.3 Å². The van der Waals surface area contributed by atoms with Crippen LogP contribution in [0.3, 0.4) is 0 Å². The molecule has 1 rings (SSSR count).